The second-order valence-electron chi connectivity index (χ2n) is 4.00. The highest BCUT2D eigenvalue weighted by Gasteiger charge is 2.15. The summed E-state index contributed by atoms with van der Waals surface area (Å²) in [7, 11) is 1.58. The molecule has 1 aromatic heterocycles. The van der Waals surface area contributed by atoms with Crippen LogP contribution in [-0.2, 0) is 6.61 Å². The largest absolute Gasteiger partial charge is 0.493 e. The Hall–Kier alpha value is -1.56. The summed E-state index contributed by atoms with van der Waals surface area (Å²) in [6.07, 6.45) is -0.186. The van der Waals surface area contributed by atoms with E-state index in [1.807, 2.05) is 17.5 Å². The van der Waals surface area contributed by atoms with Gasteiger partial charge in [0.2, 0.25) is 0 Å². The van der Waals surface area contributed by atoms with Crippen LogP contribution in [-0.4, -0.2) is 18.8 Å². The van der Waals surface area contributed by atoms with Crippen LogP contribution in [0.4, 0.5) is 0 Å². The number of benzene rings is 1. The molecule has 1 heterocycles. The van der Waals surface area contributed by atoms with Crippen LogP contribution >= 0.6 is 11.3 Å². The van der Waals surface area contributed by atoms with Gasteiger partial charge in [0, 0.05) is 11.4 Å². The summed E-state index contributed by atoms with van der Waals surface area (Å²) >= 11 is 1.61. The molecular formula is C14H17NO3S. The fourth-order valence-corrected chi connectivity index (χ4v) is 2.53. The van der Waals surface area contributed by atoms with Crippen molar-refractivity contribution in [3.63, 3.8) is 0 Å². The van der Waals surface area contributed by atoms with Gasteiger partial charge < -0.3 is 20.3 Å². The van der Waals surface area contributed by atoms with E-state index in [2.05, 4.69) is 0 Å². The van der Waals surface area contributed by atoms with E-state index < -0.39 is 0 Å². The van der Waals surface area contributed by atoms with Gasteiger partial charge in [0.15, 0.2) is 11.5 Å². The maximum absolute atomic E-state index is 9.11. The minimum absolute atomic E-state index is 0.0259. The fourth-order valence-electron chi connectivity index (χ4n) is 1.76. The lowest BCUT2D eigenvalue weighted by Gasteiger charge is -2.18. The number of hydrogen-bond acceptors (Lipinski definition) is 5. The first-order chi connectivity index (χ1) is 9.28. The number of ether oxygens (including phenoxy) is 2. The molecule has 2 aromatic rings. The molecule has 19 heavy (non-hydrogen) atoms. The first kappa shape index (κ1) is 13.9. The molecule has 0 fully saturated rings. The SMILES string of the molecule is COc1cc(CO)ccc1OC(CN)c1cccs1. The maximum atomic E-state index is 9.11. The Morgan fingerprint density at radius 2 is 2.16 bits per heavy atom. The number of rotatable bonds is 6. The highest BCUT2D eigenvalue weighted by molar-refractivity contribution is 7.10. The summed E-state index contributed by atoms with van der Waals surface area (Å²) in [5, 5.41) is 11.1. The number of nitrogens with two attached hydrogens (primary N) is 1. The summed E-state index contributed by atoms with van der Waals surface area (Å²) in [5.74, 6) is 1.23. The number of hydrogen-bond donors (Lipinski definition) is 2. The average molecular weight is 279 g/mol. The Morgan fingerprint density at radius 1 is 1.32 bits per heavy atom. The minimum Gasteiger partial charge on any atom is -0.493 e. The van der Waals surface area contributed by atoms with Gasteiger partial charge in [0.25, 0.3) is 0 Å². The predicted octanol–water partition coefficient (Wildman–Crippen LogP) is 2.33. The summed E-state index contributed by atoms with van der Waals surface area (Å²) in [4.78, 5) is 1.08. The van der Waals surface area contributed by atoms with E-state index in [9.17, 15) is 0 Å². The van der Waals surface area contributed by atoms with Crippen molar-refractivity contribution in [2.75, 3.05) is 13.7 Å². The Bertz CT molecular complexity index is 513. The van der Waals surface area contributed by atoms with E-state index in [1.54, 1.807) is 36.6 Å². The summed E-state index contributed by atoms with van der Waals surface area (Å²) in [5.41, 5.74) is 6.54. The Morgan fingerprint density at radius 3 is 2.74 bits per heavy atom. The third-order valence-corrected chi connectivity index (χ3v) is 3.72. The van der Waals surface area contributed by atoms with Crippen LogP contribution in [0.2, 0.25) is 0 Å². The van der Waals surface area contributed by atoms with Crippen molar-refractivity contribution in [2.24, 2.45) is 5.73 Å². The smallest absolute Gasteiger partial charge is 0.162 e. The van der Waals surface area contributed by atoms with Crippen LogP contribution in [0.5, 0.6) is 11.5 Å². The van der Waals surface area contributed by atoms with Crippen molar-refractivity contribution in [3.8, 4) is 11.5 Å². The van der Waals surface area contributed by atoms with E-state index in [0.29, 0.717) is 18.0 Å². The van der Waals surface area contributed by atoms with Crippen molar-refractivity contribution >= 4 is 11.3 Å². The number of aliphatic hydroxyl groups is 1. The normalized spacial score (nSPS) is 12.2. The monoisotopic (exact) mass is 279 g/mol. The van der Waals surface area contributed by atoms with Gasteiger partial charge in [0.05, 0.1) is 13.7 Å². The lowest BCUT2D eigenvalue weighted by atomic mass is 10.2. The summed E-state index contributed by atoms with van der Waals surface area (Å²) in [6.45, 7) is 0.368. The van der Waals surface area contributed by atoms with Crippen molar-refractivity contribution in [1.82, 2.24) is 0 Å². The van der Waals surface area contributed by atoms with Gasteiger partial charge in [-0.3, -0.25) is 0 Å². The summed E-state index contributed by atoms with van der Waals surface area (Å²) in [6, 6.07) is 9.33. The molecule has 0 aliphatic rings. The molecule has 0 saturated carbocycles. The molecule has 0 aliphatic heterocycles. The minimum atomic E-state index is -0.186. The molecule has 4 nitrogen and oxygen atoms in total. The Labute approximate surface area is 116 Å². The molecule has 0 saturated heterocycles. The second-order valence-corrected chi connectivity index (χ2v) is 4.98. The van der Waals surface area contributed by atoms with Crippen LogP contribution in [0.1, 0.15) is 16.5 Å². The molecule has 5 heteroatoms. The molecule has 1 aromatic carbocycles. The molecular weight excluding hydrogens is 262 g/mol. The van der Waals surface area contributed by atoms with E-state index >= 15 is 0 Å². The molecule has 0 amide bonds. The zero-order chi connectivity index (χ0) is 13.7. The molecule has 0 bridgehead atoms. The van der Waals surface area contributed by atoms with Gasteiger partial charge in [-0.05, 0) is 29.1 Å². The molecule has 3 N–H and O–H groups in total. The zero-order valence-electron chi connectivity index (χ0n) is 10.7. The molecule has 0 spiro atoms. The fraction of sp³-hybridized carbons (Fsp3) is 0.286. The number of methoxy groups -OCH3 is 1. The van der Waals surface area contributed by atoms with E-state index in [4.69, 9.17) is 20.3 Å². The van der Waals surface area contributed by atoms with E-state index in [1.165, 1.54) is 0 Å². The van der Waals surface area contributed by atoms with Crippen LogP contribution < -0.4 is 15.2 Å². The van der Waals surface area contributed by atoms with Gasteiger partial charge in [-0.25, -0.2) is 0 Å². The van der Waals surface area contributed by atoms with Crippen LogP contribution in [0.3, 0.4) is 0 Å². The van der Waals surface area contributed by atoms with Crippen molar-refractivity contribution in [2.45, 2.75) is 12.7 Å². The molecule has 102 valence electrons. The topological polar surface area (TPSA) is 64.7 Å². The van der Waals surface area contributed by atoms with Crippen LogP contribution in [0.15, 0.2) is 35.7 Å². The van der Waals surface area contributed by atoms with Gasteiger partial charge in [-0.2, -0.15) is 0 Å². The number of thiophene rings is 1. The van der Waals surface area contributed by atoms with Gasteiger partial charge in [-0.1, -0.05) is 12.1 Å². The first-order valence-corrected chi connectivity index (χ1v) is 6.84. The molecule has 2 rings (SSSR count). The third-order valence-electron chi connectivity index (χ3n) is 2.75. The lowest BCUT2D eigenvalue weighted by molar-refractivity contribution is 0.207. The van der Waals surface area contributed by atoms with Gasteiger partial charge >= 0.3 is 0 Å². The molecule has 1 atom stereocenters. The van der Waals surface area contributed by atoms with E-state index in [0.717, 1.165) is 10.4 Å². The van der Waals surface area contributed by atoms with Gasteiger partial charge in [-0.15, -0.1) is 11.3 Å². The first-order valence-electron chi connectivity index (χ1n) is 5.96. The zero-order valence-corrected chi connectivity index (χ0v) is 11.5. The second kappa shape index (κ2) is 6.56. The van der Waals surface area contributed by atoms with E-state index in [-0.39, 0.29) is 12.7 Å². The Kier molecular flexibility index (Phi) is 4.79. The Balaban J connectivity index is 2.22. The van der Waals surface area contributed by atoms with Crippen molar-refractivity contribution < 1.29 is 14.6 Å². The predicted molar refractivity (Wildman–Crippen MR) is 75.7 cm³/mol. The maximum Gasteiger partial charge on any atom is 0.162 e. The van der Waals surface area contributed by atoms with Crippen molar-refractivity contribution in [1.29, 1.82) is 0 Å². The molecule has 1 unspecified atom stereocenters. The van der Waals surface area contributed by atoms with Crippen LogP contribution in [0, 0.1) is 0 Å². The van der Waals surface area contributed by atoms with Gasteiger partial charge in [0.1, 0.15) is 6.10 Å². The summed E-state index contributed by atoms with van der Waals surface area (Å²) < 4.78 is 11.2. The highest BCUT2D eigenvalue weighted by atomic mass is 32.1. The highest BCUT2D eigenvalue weighted by Crippen LogP contribution is 2.32. The third kappa shape index (κ3) is 3.26. The molecule has 0 aliphatic carbocycles. The quantitative estimate of drug-likeness (QED) is 0.851. The van der Waals surface area contributed by atoms with Crippen LogP contribution in [0.25, 0.3) is 0 Å². The molecule has 0 radical (unpaired) electrons. The average Bonchev–Trinajstić information content (AvgIpc) is 2.98. The number of aliphatic hydroxyl groups excluding tert-OH is 1. The standard InChI is InChI=1S/C14H17NO3S/c1-17-12-7-10(9-16)4-5-11(12)18-13(8-15)14-3-2-6-19-14/h2-7,13,16H,8-9,15H2,1H3. The lowest BCUT2D eigenvalue weighted by Crippen LogP contribution is -2.17. The van der Waals surface area contributed by atoms with Crippen molar-refractivity contribution in [3.05, 3.63) is 46.2 Å².